The van der Waals surface area contributed by atoms with Crippen LogP contribution in [-0.2, 0) is 16.0 Å². The Kier molecular flexibility index (Phi) is 7.45. The number of hydrogen-bond donors (Lipinski definition) is 0. The molecule has 2 aromatic rings. The molecule has 0 aromatic heterocycles. The van der Waals surface area contributed by atoms with Crippen LogP contribution in [0, 0.1) is 5.92 Å². The summed E-state index contributed by atoms with van der Waals surface area (Å²) in [6.45, 7) is 7.17. The number of carbonyl (C=O) groups excluding carboxylic acids is 2. The van der Waals surface area contributed by atoms with Gasteiger partial charge in [-0.3, -0.25) is 9.59 Å². The molecule has 3 aliphatic rings. The number of rotatable bonds is 9. The number of carbonyl (C=O) groups is 2. The van der Waals surface area contributed by atoms with E-state index in [2.05, 4.69) is 35.7 Å². The lowest BCUT2D eigenvalue weighted by Crippen LogP contribution is -2.46. The zero-order chi connectivity index (χ0) is 25.1. The third-order valence-electron chi connectivity index (χ3n) is 7.97. The Morgan fingerprint density at radius 2 is 1.86 bits per heavy atom. The number of amides is 2. The van der Waals surface area contributed by atoms with Gasteiger partial charge in [0.25, 0.3) is 5.91 Å². The lowest BCUT2D eigenvalue weighted by Gasteiger charge is -2.38. The van der Waals surface area contributed by atoms with Crippen molar-refractivity contribution in [1.29, 1.82) is 0 Å². The van der Waals surface area contributed by atoms with Crippen LogP contribution < -0.4 is 4.74 Å². The first-order valence-electron chi connectivity index (χ1n) is 13.7. The molecule has 0 saturated heterocycles. The smallest absolute Gasteiger partial charge is 0.264 e. The van der Waals surface area contributed by atoms with E-state index in [0.717, 1.165) is 49.8 Å². The van der Waals surface area contributed by atoms with Crippen molar-refractivity contribution in [3.05, 3.63) is 77.9 Å². The Balaban J connectivity index is 1.43. The van der Waals surface area contributed by atoms with E-state index in [9.17, 15) is 9.59 Å². The number of nitrogens with zero attached hydrogens (tertiary/aromatic N) is 2. The monoisotopic (exact) mass is 486 g/mol. The second-order valence-electron chi connectivity index (χ2n) is 10.5. The Morgan fingerprint density at radius 3 is 2.53 bits per heavy atom. The predicted octanol–water partition coefficient (Wildman–Crippen LogP) is 5.69. The number of ether oxygens (including phenoxy) is 1. The van der Waals surface area contributed by atoms with Crippen molar-refractivity contribution >= 4 is 11.8 Å². The highest BCUT2D eigenvalue weighted by Gasteiger charge is 2.40. The van der Waals surface area contributed by atoms with Gasteiger partial charge in [0.1, 0.15) is 5.75 Å². The van der Waals surface area contributed by atoms with Crippen molar-refractivity contribution in [2.75, 3.05) is 13.1 Å². The zero-order valence-electron chi connectivity index (χ0n) is 21.4. The van der Waals surface area contributed by atoms with Crippen molar-refractivity contribution in [3.8, 4) is 5.75 Å². The molecule has 2 aromatic carbocycles. The highest BCUT2D eigenvalue weighted by Crippen LogP contribution is 2.41. The maximum atomic E-state index is 13.6. The molecule has 0 bridgehead atoms. The summed E-state index contributed by atoms with van der Waals surface area (Å²) in [5.41, 5.74) is 3.47. The van der Waals surface area contributed by atoms with Gasteiger partial charge in [0.2, 0.25) is 5.91 Å². The van der Waals surface area contributed by atoms with Crippen LogP contribution in [0.2, 0.25) is 0 Å². The first-order chi connectivity index (χ1) is 17.6. The molecule has 0 N–H and O–H groups in total. The van der Waals surface area contributed by atoms with Crippen molar-refractivity contribution < 1.29 is 14.3 Å². The molecule has 0 radical (unpaired) electrons. The number of fused-ring (bicyclic) bond motifs is 1. The molecule has 0 spiro atoms. The maximum Gasteiger partial charge on any atom is 0.264 e. The summed E-state index contributed by atoms with van der Waals surface area (Å²) in [4.78, 5) is 30.8. The molecule has 2 fully saturated rings. The minimum absolute atomic E-state index is 0.0483. The highest BCUT2D eigenvalue weighted by atomic mass is 16.5. The van der Waals surface area contributed by atoms with Crippen LogP contribution >= 0.6 is 0 Å². The average molecular weight is 487 g/mol. The van der Waals surface area contributed by atoms with Crippen molar-refractivity contribution in [2.45, 2.75) is 76.5 Å². The second-order valence-corrected chi connectivity index (χ2v) is 10.5. The van der Waals surface area contributed by atoms with E-state index in [4.69, 9.17) is 4.74 Å². The fraction of sp³-hybridized carbons (Fsp3) is 0.484. The Morgan fingerprint density at radius 1 is 1.11 bits per heavy atom. The van der Waals surface area contributed by atoms with Crippen LogP contribution in [0.15, 0.2) is 61.2 Å². The largest absolute Gasteiger partial charge is 0.481 e. The quantitative estimate of drug-likeness (QED) is 0.428. The van der Waals surface area contributed by atoms with E-state index in [0.29, 0.717) is 18.7 Å². The molecule has 0 unspecified atom stereocenters. The minimum Gasteiger partial charge on any atom is -0.481 e. The Labute approximate surface area is 215 Å². The van der Waals surface area contributed by atoms with Gasteiger partial charge in [0, 0.05) is 25.0 Å². The van der Waals surface area contributed by atoms with Crippen molar-refractivity contribution in [3.63, 3.8) is 0 Å². The SMILES string of the molecule is C=CCN(C(=O)[C@H](CC)Oc1ccc2c(c1)[C@H](c1ccccc1)N(C(=O)C1CC1)CC2)C1CCCC1. The van der Waals surface area contributed by atoms with Gasteiger partial charge in [-0.1, -0.05) is 62.2 Å². The van der Waals surface area contributed by atoms with Crippen molar-refractivity contribution in [1.82, 2.24) is 9.80 Å². The molecule has 1 aliphatic heterocycles. The standard InChI is InChI=1S/C31H38N2O3/c1-3-19-32(25-12-8-9-13-25)31(35)28(4-2)36-26-17-16-22-18-20-33(30(34)24-14-15-24)29(27(22)21-26)23-10-6-5-7-11-23/h3,5-7,10-11,16-17,21,24-25,28-29H,1,4,8-9,12-15,18-20H2,2H3/t28-,29-/m0/s1. The maximum absolute atomic E-state index is 13.6. The van der Waals surface area contributed by atoms with Gasteiger partial charge in [-0.25, -0.2) is 0 Å². The minimum atomic E-state index is -0.536. The van der Waals surface area contributed by atoms with Gasteiger partial charge < -0.3 is 14.5 Å². The first-order valence-corrected chi connectivity index (χ1v) is 13.7. The van der Waals surface area contributed by atoms with Crippen LogP contribution in [-0.4, -0.2) is 46.8 Å². The molecular formula is C31H38N2O3. The summed E-state index contributed by atoms with van der Waals surface area (Å²) >= 11 is 0. The van der Waals surface area contributed by atoms with E-state index in [1.165, 1.54) is 18.4 Å². The van der Waals surface area contributed by atoms with E-state index >= 15 is 0 Å². The summed E-state index contributed by atoms with van der Waals surface area (Å²) in [6.07, 6.45) is 9.16. The molecule has 1 heterocycles. The molecule has 5 rings (SSSR count). The normalized spacial score (nSPS) is 20.5. The van der Waals surface area contributed by atoms with E-state index in [1.54, 1.807) is 0 Å². The summed E-state index contributed by atoms with van der Waals surface area (Å²) in [5.74, 6) is 1.18. The molecular weight excluding hydrogens is 448 g/mol. The van der Waals surface area contributed by atoms with Crippen LogP contribution in [0.1, 0.15) is 74.6 Å². The summed E-state index contributed by atoms with van der Waals surface area (Å²) in [5, 5.41) is 0. The summed E-state index contributed by atoms with van der Waals surface area (Å²) in [6, 6.07) is 16.6. The van der Waals surface area contributed by atoms with E-state index in [1.807, 2.05) is 42.2 Å². The van der Waals surface area contributed by atoms with Crippen LogP contribution in [0.5, 0.6) is 5.75 Å². The molecule has 190 valence electrons. The number of hydrogen-bond acceptors (Lipinski definition) is 3. The number of benzene rings is 2. The second kappa shape index (κ2) is 10.9. The molecule has 5 nitrogen and oxygen atoms in total. The van der Waals surface area contributed by atoms with Gasteiger partial charge in [0.15, 0.2) is 6.10 Å². The average Bonchev–Trinajstić information content (AvgIpc) is 3.63. The lowest BCUT2D eigenvalue weighted by molar-refractivity contribution is -0.140. The van der Waals surface area contributed by atoms with Gasteiger partial charge in [0.05, 0.1) is 6.04 Å². The van der Waals surface area contributed by atoms with Crippen molar-refractivity contribution in [2.24, 2.45) is 5.92 Å². The van der Waals surface area contributed by atoms with E-state index < -0.39 is 6.10 Å². The van der Waals surface area contributed by atoms with Gasteiger partial charge in [-0.15, -0.1) is 6.58 Å². The van der Waals surface area contributed by atoms with E-state index in [-0.39, 0.29) is 29.8 Å². The van der Waals surface area contributed by atoms with Gasteiger partial charge >= 0.3 is 0 Å². The highest BCUT2D eigenvalue weighted by molar-refractivity contribution is 5.83. The topological polar surface area (TPSA) is 49.9 Å². The summed E-state index contributed by atoms with van der Waals surface area (Å²) < 4.78 is 6.39. The van der Waals surface area contributed by atoms with Gasteiger partial charge in [-0.05, 0) is 67.3 Å². The molecule has 2 amide bonds. The molecule has 36 heavy (non-hydrogen) atoms. The fourth-order valence-electron chi connectivity index (χ4n) is 5.90. The third kappa shape index (κ3) is 5.07. The fourth-order valence-corrected chi connectivity index (χ4v) is 5.90. The van der Waals surface area contributed by atoms with Crippen LogP contribution in [0.3, 0.4) is 0 Å². The molecule has 2 saturated carbocycles. The predicted molar refractivity (Wildman–Crippen MR) is 142 cm³/mol. The first kappa shape index (κ1) is 24.6. The van der Waals surface area contributed by atoms with Crippen LogP contribution in [0.4, 0.5) is 0 Å². The molecule has 5 heteroatoms. The Hall–Kier alpha value is -3.08. The molecule has 2 atom stereocenters. The zero-order valence-corrected chi connectivity index (χ0v) is 21.4. The van der Waals surface area contributed by atoms with Crippen LogP contribution in [0.25, 0.3) is 0 Å². The van der Waals surface area contributed by atoms with Gasteiger partial charge in [-0.2, -0.15) is 0 Å². The Bertz CT molecular complexity index is 1090. The summed E-state index contributed by atoms with van der Waals surface area (Å²) in [7, 11) is 0. The third-order valence-corrected chi connectivity index (χ3v) is 7.97. The molecule has 2 aliphatic carbocycles. The lowest BCUT2D eigenvalue weighted by atomic mass is 9.87.